The second-order valence-corrected chi connectivity index (χ2v) is 5.87. The summed E-state index contributed by atoms with van der Waals surface area (Å²) in [5.74, 6) is 0. The van der Waals surface area contributed by atoms with E-state index < -0.39 is 45.9 Å². The van der Waals surface area contributed by atoms with Gasteiger partial charge in [0, 0.05) is 22.2 Å². The lowest BCUT2D eigenvalue weighted by Gasteiger charge is -2.15. The van der Waals surface area contributed by atoms with Crippen molar-refractivity contribution >= 4 is 11.1 Å². The monoisotopic (exact) mass is 442 g/mol. The minimum Gasteiger partial charge on any atom is -0.251 e. The molecule has 156 valence electrons. The third kappa shape index (κ3) is 4.33. The first-order valence-electron chi connectivity index (χ1n) is 8.00. The van der Waals surface area contributed by atoms with Crippen LogP contribution in [0.3, 0.4) is 0 Å². The van der Waals surface area contributed by atoms with E-state index in [-0.39, 0.29) is 22.1 Å². The van der Waals surface area contributed by atoms with Gasteiger partial charge in [-0.3, -0.25) is 4.98 Å². The van der Waals surface area contributed by atoms with Crippen LogP contribution in [0.4, 0.5) is 26.3 Å². The fourth-order valence-corrected chi connectivity index (χ4v) is 2.67. The molecule has 0 bridgehead atoms. The predicted octanol–water partition coefficient (Wildman–Crippen LogP) is 2.78. The van der Waals surface area contributed by atoms with E-state index in [0.29, 0.717) is 6.20 Å². The highest BCUT2D eigenvalue weighted by Gasteiger charge is 2.44. The maximum Gasteiger partial charge on any atom is 0.433 e. The molecule has 12 heteroatoms. The summed E-state index contributed by atoms with van der Waals surface area (Å²) in [5, 5.41) is 45.5. The normalized spacial score (nSPS) is 11.8. The highest BCUT2D eigenvalue weighted by molar-refractivity contribution is 5.79. The summed E-state index contributed by atoms with van der Waals surface area (Å²) >= 11 is 0. The van der Waals surface area contributed by atoms with Crippen molar-refractivity contribution in [1.29, 1.82) is 26.3 Å². The van der Waals surface area contributed by atoms with Crippen LogP contribution in [-0.2, 0) is 12.4 Å². The van der Waals surface area contributed by atoms with Crippen LogP contribution in [0.5, 0.6) is 0 Å². The zero-order valence-electron chi connectivity index (χ0n) is 15.3. The van der Waals surface area contributed by atoms with Crippen LogP contribution in [0.2, 0.25) is 0 Å². The highest BCUT2D eigenvalue weighted by atomic mass is 19.4. The maximum atomic E-state index is 13.2. The van der Waals surface area contributed by atoms with Crippen LogP contribution in [0.1, 0.15) is 27.9 Å². The summed E-state index contributed by atoms with van der Waals surface area (Å²) in [6.07, 6.45) is -10.5. The van der Waals surface area contributed by atoms with E-state index in [0.717, 1.165) is 12.1 Å². The Kier molecular flexibility index (Phi) is 6.21. The Morgan fingerprint density at radius 3 is 1.69 bits per heavy atom. The van der Waals surface area contributed by atoms with Crippen molar-refractivity contribution in [2.45, 2.75) is 12.4 Å². The molecule has 0 amide bonds. The smallest absolute Gasteiger partial charge is 0.251 e. The van der Waals surface area contributed by atoms with E-state index in [2.05, 4.69) is 4.98 Å². The second kappa shape index (κ2) is 8.48. The minimum atomic E-state index is -5.46. The molecule has 0 fully saturated rings. The van der Waals surface area contributed by atoms with Gasteiger partial charge in [-0.25, -0.2) is 0 Å². The fourth-order valence-electron chi connectivity index (χ4n) is 2.67. The van der Waals surface area contributed by atoms with Crippen molar-refractivity contribution in [2.24, 2.45) is 0 Å². The molecule has 2 aromatic rings. The summed E-state index contributed by atoms with van der Waals surface area (Å²) in [5.41, 5.74) is -7.03. The van der Waals surface area contributed by atoms with E-state index >= 15 is 0 Å². The second-order valence-electron chi connectivity index (χ2n) is 5.87. The lowest BCUT2D eigenvalue weighted by molar-refractivity contribution is -0.164. The highest BCUT2D eigenvalue weighted by Crippen LogP contribution is 2.39. The molecule has 0 unspecified atom stereocenters. The molecule has 0 aliphatic carbocycles. The Labute approximate surface area is 175 Å². The number of halogens is 6. The molecule has 1 heterocycles. The summed E-state index contributed by atoms with van der Waals surface area (Å²) in [6, 6.07) is 9.65. The van der Waals surface area contributed by atoms with Gasteiger partial charge in [-0.15, -0.1) is 0 Å². The Balaban J connectivity index is 3.08. The molecule has 0 aliphatic heterocycles. The number of rotatable bonds is 1. The van der Waals surface area contributed by atoms with Crippen molar-refractivity contribution < 1.29 is 26.3 Å². The molecule has 32 heavy (non-hydrogen) atoms. The lowest BCUT2D eigenvalue weighted by Crippen LogP contribution is -2.22. The standard InChI is InChI=1S/C20H4F6N6/c21-19(22,23)17-3-12(9-32-18(17)20(24,25)26)16(8-31)15-2-10(4-27)14(1-11(15)5-28)13(6-29)7-30/h1-3,9H/b16-15+. The van der Waals surface area contributed by atoms with Gasteiger partial charge in [0.05, 0.1) is 34.4 Å². The lowest BCUT2D eigenvalue weighted by atomic mass is 9.97. The Morgan fingerprint density at radius 1 is 0.719 bits per heavy atom. The number of hydrogen-bond donors (Lipinski definition) is 0. The number of aromatic nitrogens is 1. The number of hydrogen-bond acceptors (Lipinski definition) is 6. The van der Waals surface area contributed by atoms with Gasteiger partial charge in [0.1, 0.15) is 23.8 Å². The fraction of sp³-hybridized carbons (Fsp3) is 0.100. The summed E-state index contributed by atoms with van der Waals surface area (Å²) in [4.78, 5) is 2.83. The van der Waals surface area contributed by atoms with Crippen molar-refractivity contribution in [1.82, 2.24) is 4.98 Å². The minimum absolute atomic E-state index is 0.0671. The molecule has 0 spiro atoms. The molecule has 0 saturated carbocycles. The van der Waals surface area contributed by atoms with Gasteiger partial charge in [0.2, 0.25) is 0 Å². The number of benzene rings is 1. The third-order valence-electron chi connectivity index (χ3n) is 4.02. The van der Waals surface area contributed by atoms with Gasteiger partial charge < -0.3 is 0 Å². The molecular formula is C20H4F6N6. The van der Waals surface area contributed by atoms with Crippen molar-refractivity contribution in [3.63, 3.8) is 0 Å². The molecule has 0 saturated heterocycles. The number of nitrogens with zero attached hydrogens (tertiary/aromatic N) is 6. The Hall–Kier alpha value is -4.86. The molecule has 2 rings (SSSR count). The van der Waals surface area contributed by atoms with Gasteiger partial charge in [-0.1, -0.05) is 0 Å². The molecule has 1 aromatic carbocycles. The number of nitriles is 5. The van der Waals surface area contributed by atoms with Crippen LogP contribution in [-0.4, -0.2) is 4.98 Å². The van der Waals surface area contributed by atoms with Gasteiger partial charge in [0.25, 0.3) is 0 Å². The van der Waals surface area contributed by atoms with E-state index in [4.69, 9.17) is 10.5 Å². The molecule has 0 radical (unpaired) electrons. The first-order chi connectivity index (χ1) is 14.9. The first kappa shape index (κ1) is 23.4. The SMILES string of the molecule is N#CC(C#N)=c1cc(C#N)/c(=C(\C#N)c2cnc(C(F)(F)F)c(C(F)(F)F)c2)cc1C#N. The Morgan fingerprint density at radius 2 is 1.25 bits per heavy atom. The van der Waals surface area contributed by atoms with Gasteiger partial charge in [-0.05, 0) is 18.2 Å². The molecule has 6 nitrogen and oxygen atoms in total. The van der Waals surface area contributed by atoms with Gasteiger partial charge >= 0.3 is 12.4 Å². The number of alkyl halides is 6. The van der Waals surface area contributed by atoms with Crippen molar-refractivity contribution in [2.75, 3.05) is 0 Å². The largest absolute Gasteiger partial charge is 0.433 e. The molecule has 0 atom stereocenters. The zero-order chi connectivity index (χ0) is 24.3. The average molecular weight is 442 g/mol. The predicted molar refractivity (Wildman–Crippen MR) is 92.1 cm³/mol. The summed E-state index contributed by atoms with van der Waals surface area (Å²) < 4.78 is 78.5. The average Bonchev–Trinajstić information content (AvgIpc) is 2.74. The number of pyridine rings is 1. The summed E-state index contributed by atoms with van der Waals surface area (Å²) in [6.45, 7) is 0. The van der Waals surface area contributed by atoms with Crippen LogP contribution in [0.25, 0.3) is 11.1 Å². The van der Waals surface area contributed by atoms with E-state index in [9.17, 15) is 42.1 Å². The third-order valence-corrected chi connectivity index (χ3v) is 4.02. The van der Waals surface area contributed by atoms with Crippen LogP contribution in [0.15, 0.2) is 24.4 Å². The first-order valence-corrected chi connectivity index (χ1v) is 8.00. The summed E-state index contributed by atoms with van der Waals surface area (Å²) in [7, 11) is 0. The Bertz CT molecular complexity index is 1430. The van der Waals surface area contributed by atoms with E-state index in [1.165, 1.54) is 18.2 Å². The van der Waals surface area contributed by atoms with Crippen LogP contribution in [0, 0.1) is 56.7 Å². The molecule has 0 N–H and O–H groups in total. The van der Waals surface area contributed by atoms with Gasteiger partial charge in [-0.2, -0.15) is 52.7 Å². The molecule has 0 aliphatic rings. The van der Waals surface area contributed by atoms with Crippen LogP contribution < -0.4 is 10.4 Å². The zero-order valence-corrected chi connectivity index (χ0v) is 15.3. The van der Waals surface area contributed by atoms with E-state index in [1.54, 1.807) is 12.1 Å². The van der Waals surface area contributed by atoms with Crippen molar-refractivity contribution in [3.8, 4) is 30.3 Å². The topological polar surface area (TPSA) is 132 Å². The quantitative estimate of drug-likeness (QED) is 0.624. The van der Waals surface area contributed by atoms with Crippen LogP contribution >= 0.6 is 0 Å². The maximum absolute atomic E-state index is 13.2. The van der Waals surface area contributed by atoms with Crippen molar-refractivity contribution in [3.05, 3.63) is 62.8 Å². The van der Waals surface area contributed by atoms with E-state index in [1.807, 2.05) is 0 Å². The van der Waals surface area contributed by atoms with Gasteiger partial charge in [0.15, 0.2) is 5.69 Å². The molecule has 1 aromatic heterocycles. The molecular weight excluding hydrogens is 438 g/mol.